The van der Waals surface area contributed by atoms with Gasteiger partial charge in [-0.2, -0.15) is 0 Å². The summed E-state index contributed by atoms with van der Waals surface area (Å²) in [6.07, 6.45) is 3.70. The first-order valence-corrected chi connectivity index (χ1v) is 8.13. The molecule has 0 atom stereocenters. The SMILES string of the molecule is Cc1nc2nncn2c(C)c1CCC(=O)N1CCC(C(=O)O)CC1. The first kappa shape index (κ1) is 16.4. The highest BCUT2D eigenvalue weighted by atomic mass is 16.4. The van der Waals surface area contributed by atoms with E-state index in [1.165, 1.54) is 0 Å². The number of carboxylic acids is 1. The summed E-state index contributed by atoms with van der Waals surface area (Å²) >= 11 is 0. The molecule has 8 heteroatoms. The molecule has 1 N–H and O–H groups in total. The van der Waals surface area contributed by atoms with Crippen molar-refractivity contribution in [2.24, 2.45) is 5.92 Å². The molecule has 1 fully saturated rings. The maximum Gasteiger partial charge on any atom is 0.306 e. The molecule has 0 aliphatic carbocycles. The van der Waals surface area contributed by atoms with Gasteiger partial charge in [0.2, 0.25) is 5.91 Å². The highest BCUT2D eigenvalue weighted by molar-refractivity contribution is 5.77. The Hall–Kier alpha value is -2.51. The van der Waals surface area contributed by atoms with Crippen LogP contribution in [0.1, 0.15) is 36.2 Å². The van der Waals surface area contributed by atoms with Crippen LogP contribution in [0.25, 0.3) is 5.78 Å². The van der Waals surface area contributed by atoms with Crippen LogP contribution in [0, 0.1) is 19.8 Å². The third kappa shape index (κ3) is 3.08. The van der Waals surface area contributed by atoms with Crippen molar-refractivity contribution < 1.29 is 14.7 Å². The quantitative estimate of drug-likeness (QED) is 0.897. The van der Waals surface area contributed by atoms with E-state index in [2.05, 4.69) is 15.2 Å². The molecule has 3 rings (SSSR count). The number of fused-ring (bicyclic) bond motifs is 1. The van der Waals surface area contributed by atoms with E-state index in [0.717, 1.165) is 17.0 Å². The van der Waals surface area contributed by atoms with Crippen LogP contribution in [0.2, 0.25) is 0 Å². The fourth-order valence-corrected chi connectivity index (χ4v) is 3.29. The molecule has 0 radical (unpaired) electrons. The van der Waals surface area contributed by atoms with Crippen molar-refractivity contribution in [2.45, 2.75) is 39.5 Å². The lowest BCUT2D eigenvalue weighted by atomic mass is 9.96. The van der Waals surface area contributed by atoms with Gasteiger partial charge in [0.15, 0.2) is 0 Å². The molecule has 8 nitrogen and oxygen atoms in total. The molecule has 128 valence electrons. The van der Waals surface area contributed by atoms with Gasteiger partial charge < -0.3 is 10.0 Å². The fourth-order valence-electron chi connectivity index (χ4n) is 3.29. The van der Waals surface area contributed by atoms with Crippen molar-refractivity contribution in [2.75, 3.05) is 13.1 Å². The average Bonchev–Trinajstić information content (AvgIpc) is 3.03. The molecule has 2 aromatic heterocycles. The Morgan fingerprint density at radius 2 is 2.00 bits per heavy atom. The maximum absolute atomic E-state index is 12.4. The summed E-state index contributed by atoms with van der Waals surface area (Å²) in [5.41, 5.74) is 2.90. The summed E-state index contributed by atoms with van der Waals surface area (Å²) < 4.78 is 1.82. The van der Waals surface area contributed by atoms with Gasteiger partial charge in [0.25, 0.3) is 5.78 Å². The van der Waals surface area contributed by atoms with Gasteiger partial charge in [-0.15, -0.1) is 10.2 Å². The smallest absolute Gasteiger partial charge is 0.306 e. The van der Waals surface area contributed by atoms with Crippen LogP contribution >= 0.6 is 0 Å². The number of piperidine rings is 1. The molecule has 1 amide bonds. The van der Waals surface area contributed by atoms with Crippen molar-refractivity contribution in [1.82, 2.24) is 24.5 Å². The summed E-state index contributed by atoms with van der Waals surface area (Å²) in [6.45, 7) is 4.94. The number of aryl methyl sites for hydroxylation is 2. The Kier molecular flexibility index (Phi) is 4.46. The van der Waals surface area contributed by atoms with Gasteiger partial charge in [-0.05, 0) is 38.7 Å². The molecule has 1 aliphatic rings. The standard InChI is InChI=1S/C16H21N5O3/c1-10-13(11(2)21-9-17-19-16(21)18-10)3-4-14(22)20-7-5-12(6-8-20)15(23)24/h9,12H,3-8H2,1-2H3,(H,23,24). The maximum atomic E-state index is 12.4. The summed E-state index contributed by atoms with van der Waals surface area (Å²) in [5.74, 6) is -0.446. The van der Waals surface area contributed by atoms with Crippen LogP contribution in [-0.2, 0) is 16.0 Å². The molecule has 0 aromatic carbocycles. The minimum atomic E-state index is -0.762. The van der Waals surface area contributed by atoms with Gasteiger partial charge in [-0.25, -0.2) is 4.98 Å². The average molecular weight is 331 g/mol. The molecule has 1 saturated heterocycles. The molecule has 2 aromatic rings. The van der Waals surface area contributed by atoms with E-state index in [-0.39, 0.29) is 11.8 Å². The number of aromatic nitrogens is 4. The molecule has 0 bridgehead atoms. The number of carbonyl (C=O) groups excluding carboxylic acids is 1. The van der Waals surface area contributed by atoms with Crippen LogP contribution in [0.3, 0.4) is 0 Å². The van der Waals surface area contributed by atoms with Gasteiger partial charge in [0, 0.05) is 30.9 Å². The monoisotopic (exact) mass is 331 g/mol. The number of carbonyl (C=O) groups is 2. The van der Waals surface area contributed by atoms with Crippen LogP contribution in [-0.4, -0.2) is 54.6 Å². The van der Waals surface area contributed by atoms with Crippen LogP contribution in [0.5, 0.6) is 0 Å². The zero-order chi connectivity index (χ0) is 17.3. The van der Waals surface area contributed by atoms with Gasteiger partial charge in [0.05, 0.1) is 5.92 Å². The molecule has 1 aliphatic heterocycles. The highest BCUT2D eigenvalue weighted by Gasteiger charge is 2.26. The second kappa shape index (κ2) is 6.54. The van der Waals surface area contributed by atoms with Gasteiger partial charge >= 0.3 is 5.97 Å². The van der Waals surface area contributed by atoms with Gasteiger partial charge in [-0.1, -0.05) is 0 Å². The molecule has 0 saturated carbocycles. The lowest BCUT2D eigenvalue weighted by Gasteiger charge is -2.30. The Labute approximate surface area is 139 Å². The van der Waals surface area contributed by atoms with Crippen molar-refractivity contribution in [3.05, 3.63) is 23.3 Å². The number of hydrogen-bond donors (Lipinski definition) is 1. The molecule has 3 heterocycles. The minimum Gasteiger partial charge on any atom is -0.481 e. The third-order valence-corrected chi connectivity index (χ3v) is 4.82. The first-order valence-electron chi connectivity index (χ1n) is 8.13. The normalized spacial score (nSPS) is 15.8. The molecule has 0 unspecified atom stereocenters. The zero-order valence-electron chi connectivity index (χ0n) is 13.9. The van der Waals surface area contributed by atoms with Crippen LogP contribution < -0.4 is 0 Å². The first-order chi connectivity index (χ1) is 11.5. The van der Waals surface area contributed by atoms with Gasteiger partial charge in [0.1, 0.15) is 6.33 Å². The number of aliphatic carboxylic acids is 1. The fraction of sp³-hybridized carbons (Fsp3) is 0.562. The minimum absolute atomic E-state index is 0.0708. The van der Waals surface area contributed by atoms with Crippen molar-refractivity contribution >= 4 is 17.7 Å². The lowest BCUT2D eigenvalue weighted by molar-refractivity contribution is -0.145. The second-order valence-corrected chi connectivity index (χ2v) is 6.26. The molecular formula is C16H21N5O3. The number of amides is 1. The van der Waals surface area contributed by atoms with E-state index in [1.807, 2.05) is 18.2 Å². The zero-order valence-corrected chi connectivity index (χ0v) is 13.9. The second-order valence-electron chi connectivity index (χ2n) is 6.26. The number of rotatable bonds is 4. The third-order valence-electron chi connectivity index (χ3n) is 4.82. The Morgan fingerprint density at radius 3 is 2.67 bits per heavy atom. The van der Waals surface area contributed by atoms with Crippen LogP contribution in [0.4, 0.5) is 0 Å². The Bertz CT molecular complexity index is 777. The van der Waals surface area contributed by atoms with E-state index < -0.39 is 5.97 Å². The number of hydrogen-bond acceptors (Lipinski definition) is 5. The highest BCUT2D eigenvalue weighted by Crippen LogP contribution is 2.20. The number of likely N-dealkylation sites (tertiary alicyclic amines) is 1. The van der Waals surface area contributed by atoms with E-state index in [4.69, 9.17) is 5.11 Å². The number of nitrogens with zero attached hydrogens (tertiary/aromatic N) is 5. The van der Waals surface area contributed by atoms with E-state index in [1.54, 1.807) is 11.2 Å². The Morgan fingerprint density at radius 1 is 1.29 bits per heavy atom. The summed E-state index contributed by atoms with van der Waals surface area (Å²) in [7, 11) is 0. The van der Waals surface area contributed by atoms with Crippen molar-refractivity contribution in [1.29, 1.82) is 0 Å². The van der Waals surface area contributed by atoms with E-state index in [9.17, 15) is 9.59 Å². The molecule has 0 spiro atoms. The summed E-state index contributed by atoms with van der Waals surface area (Å²) in [5, 5.41) is 16.8. The predicted molar refractivity (Wildman–Crippen MR) is 85.5 cm³/mol. The molecular weight excluding hydrogens is 310 g/mol. The summed E-state index contributed by atoms with van der Waals surface area (Å²) in [6, 6.07) is 0. The summed E-state index contributed by atoms with van der Waals surface area (Å²) in [4.78, 5) is 29.6. The molecule has 24 heavy (non-hydrogen) atoms. The largest absolute Gasteiger partial charge is 0.481 e. The van der Waals surface area contributed by atoms with Crippen molar-refractivity contribution in [3.63, 3.8) is 0 Å². The topological polar surface area (TPSA) is 101 Å². The predicted octanol–water partition coefficient (Wildman–Crippen LogP) is 0.997. The van der Waals surface area contributed by atoms with E-state index >= 15 is 0 Å². The Balaban J connectivity index is 1.64. The van der Waals surface area contributed by atoms with Crippen molar-refractivity contribution in [3.8, 4) is 0 Å². The lowest BCUT2D eigenvalue weighted by Crippen LogP contribution is -2.40. The number of carboxylic acid groups (broad SMARTS) is 1. The van der Waals surface area contributed by atoms with E-state index in [0.29, 0.717) is 44.6 Å². The van der Waals surface area contributed by atoms with Gasteiger partial charge in [-0.3, -0.25) is 14.0 Å². The van der Waals surface area contributed by atoms with Crippen LogP contribution in [0.15, 0.2) is 6.33 Å².